The zero-order chi connectivity index (χ0) is 24.5. The summed E-state index contributed by atoms with van der Waals surface area (Å²) in [6.07, 6.45) is 6.28. The van der Waals surface area contributed by atoms with Gasteiger partial charge in [-0.1, -0.05) is 48.7 Å². The molecular formula is C27H25N3O5. The van der Waals surface area contributed by atoms with E-state index in [2.05, 4.69) is 5.16 Å². The Morgan fingerprint density at radius 1 is 0.886 bits per heavy atom. The van der Waals surface area contributed by atoms with Gasteiger partial charge in [-0.2, -0.15) is 0 Å². The lowest BCUT2D eigenvalue weighted by molar-refractivity contribution is -0.135. The third-order valence-corrected chi connectivity index (χ3v) is 7.10. The molecule has 8 heteroatoms. The van der Waals surface area contributed by atoms with Gasteiger partial charge in [-0.05, 0) is 43.0 Å². The summed E-state index contributed by atoms with van der Waals surface area (Å²) in [5.41, 5.74) is 7.92. The number of anilines is 1. The summed E-state index contributed by atoms with van der Waals surface area (Å²) in [7, 11) is 0. The van der Waals surface area contributed by atoms with Gasteiger partial charge in [0.25, 0.3) is 5.91 Å². The number of rotatable bonds is 6. The van der Waals surface area contributed by atoms with Crippen molar-refractivity contribution in [3.8, 4) is 11.3 Å². The SMILES string of the molecule is NC(=O)c1ccc(C(=O)C2C(=O)C(=O)N(c3ccc(-c4ccon4)cc3)C2C2CCCCC2)cc1. The molecule has 2 heterocycles. The lowest BCUT2D eigenvalue weighted by Crippen LogP contribution is -2.44. The minimum Gasteiger partial charge on any atom is -0.366 e. The highest BCUT2D eigenvalue weighted by molar-refractivity contribution is 6.49. The second-order valence-electron chi connectivity index (χ2n) is 9.14. The maximum Gasteiger partial charge on any atom is 0.295 e. The molecule has 1 aliphatic carbocycles. The number of hydrogen-bond acceptors (Lipinski definition) is 6. The molecule has 3 aromatic rings. The summed E-state index contributed by atoms with van der Waals surface area (Å²) < 4.78 is 4.91. The van der Waals surface area contributed by atoms with E-state index in [1.807, 2.05) is 12.1 Å². The summed E-state index contributed by atoms with van der Waals surface area (Å²) >= 11 is 0. The van der Waals surface area contributed by atoms with Crippen molar-refractivity contribution in [2.75, 3.05) is 4.90 Å². The van der Waals surface area contributed by atoms with Crippen LogP contribution < -0.4 is 10.6 Å². The van der Waals surface area contributed by atoms with Crippen molar-refractivity contribution in [3.05, 3.63) is 72.0 Å². The lowest BCUT2D eigenvalue weighted by atomic mass is 9.76. The molecule has 0 bridgehead atoms. The first-order valence-electron chi connectivity index (χ1n) is 11.8. The lowest BCUT2D eigenvalue weighted by Gasteiger charge is -2.35. The fraction of sp³-hybridized carbons (Fsp3) is 0.296. The quantitative estimate of drug-likeness (QED) is 0.331. The van der Waals surface area contributed by atoms with Crippen LogP contribution in [-0.2, 0) is 9.59 Å². The van der Waals surface area contributed by atoms with Gasteiger partial charge in [0, 0.05) is 28.4 Å². The smallest absolute Gasteiger partial charge is 0.295 e. The second-order valence-corrected chi connectivity index (χ2v) is 9.14. The molecule has 2 aliphatic rings. The number of ketones is 2. The van der Waals surface area contributed by atoms with E-state index in [1.165, 1.54) is 35.4 Å². The average molecular weight is 472 g/mol. The predicted molar refractivity (Wildman–Crippen MR) is 128 cm³/mol. The first-order chi connectivity index (χ1) is 17.0. The van der Waals surface area contributed by atoms with Crippen molar-refractivity contribution in [2.24, 2.45) is 17.6 Å². The van der Waals surface area contributed by atoms with Crippen molar-refractivity contribution < 1.29 is 23.7 Å². The normalized spacial score (nSPS) is 20.9. The third kappa shape index (κ3) is 4.16. The molecule has 2 fully saturated rings. The maximum absolute atomic E-state index is 13.6. The molecule has 2 N–H and O–H groups in total. The molecule has 2 aromatic carbocycles. The van der Waals surface area contributed by atoms with E-state index in [1.54, 1.807) is 18.2 Å². The molecule has 0 radical (unpaired) electrons. The van der Waals surface area contributed by atoms with Gasteiger partial charge in [0.1, 0.15) is 17.9 Å². The van der Waals surface area contributed by atoms with Crippen LogP contribution >= 0.6 is 0 Å². The highest BCUT2D eigenvalue weighted by Gasteiger charge is 2.54. The number of carbonyl (C=O) groups excluding carboxylic acids is 4. The van der Waals surface area contributed by atoms with Crippen LogP contribution in [0.4, 0.5) is 5.69 Å². The van der Waals surface area contributed by atoms with Crippen molar-refractivity contribution in [1.82, 2.24) is 5.16 Å². The minimum atomic E-state index is -1.10. The maximum atomic E-state index is 13.6. The average Bonchev–Trinajstić information content (AvgIpc) is 3.52. The van der Waals surface area contributed by atoms with Gasteiger partial charge >= 0.3 is 0 Å². The highest BCUT2D eigenvalue weighted by atomic mass is 16.5. The molecule has 1 aromatic heterocycles. The van der Waals surface area contributed by atoms with Crippen molar-refractivity contribution in [2.45, 2.75) is 38.1 Å². The van der Waals surface area contributed by atoms with Gasteiger partial charge in [-0.3, -0.25) is 19.2 Å². The van der Waals surface area contributed by atoms with Crippen LogP contribution in [0.3, 0.4) is 0 Å². The number of aromatic nitrogens is 1. The van der Waals surface area contributed by atoms with Crippen LogP contribution in [0.15, 0.2) is 65.4 Å². The Bertz CT molecular complexity index is 1260. The van der Waals surface area contributed by atoms with Crippen LogP contribution in [0.1, 0.15) is 52.8 Å². The zero-order valence-electron chi connectivity index (χ0n) is 19.1. The highest BCUT2D eigenvalue weighted by Crippen LogP contribution is 2.41. The molecule has 35 heavy (non-hydrogen) atoms. The molecule has 178 valence electrons. The number of nitrogens with zero attached hydrogens (tertiary/aromatic N) is 2. The second kappa shape index (κ2) is 9.29. The van der Waals surface area contributed by atoms with Crippen LogP contribution in [-0.4, -0.2) is 34.6 Å². The molecule has 1 saturated carbocycles. The van der Waals surface area contributed by atoms with Gasteiger partial charge in [-0.25, -0.2) is 0 Å². The Hall–Kier alpha value is -4.07. The van der Waals surface area contributed by atoms with Crippen molar-refractivity contribution in [3.63, 3.8) is 0 Å². The van der Waals surface area contributed by atoms with Gasteiger partial charge < -0.3 is 15.2 Å². The standard InChI is InChI=1S/C27H25N3O5/c28-26(33)19-8-6-18(7-9-19)24(31)22-23(17-4-2-1-3-5-17)30(27(34)25(22)32)20-12-10-16(11-13-20)21-14-15-35-29-21/h6-15,17,22-23H,1-5H2,(H2,28,33). The van der Waals surface area contributed by atoms with E-state index < -0.39 is 35.3 Å². The minimum absolute atomic E-state index is 0.0354. The van der Waals surface area contributed by atoms with Crippen LogP contribution in [0, 0.1) is 11.8 Å². The van der Waals surface area contributed by atoms with Gasteiger partial charge in [0.05, 0.1) is 6.04 Å². The summed E-state index contributed by atoms with van der Waals surface area (Å²) in [6.45, 7) is 0. The summed E-state index contributed by atoms with van der Waals surface area (Å²) in [5.74, 6) is -3.42. The molecule has 1 aliphatic heterocycles. The van der Waals surface area contributed by atoms with E-state index in [4.69, 9.17) is 10.3 Å². The first-order valence-corrected chi connectivity index (χ1v) is 11.8. The molecule has 2 atom stereocenters. The number of Topliss-reactive ketones (excluding diaryl/α,β-unsaturated/α-hetero) is 2. The molecule has 2 unspecified atom stereocenters. The number of carbonyl (C=O) groups is 4. The third-order valence-electron chi connectivity index (χ3n) is 7.10. The van der Waals surface area contributed by atoms with E-state index >= 15 is 0 Å². The number of nitrogens with two attached hydrogens (primary N) is 1. The van der Waals surface area contributed by atoms with E-state index in [0.29, 0.717) is 11.4 Å². The van der Waals surface area contributed by atoms with Crippen LogP contribution in [0.25, 0.3) is 11.3 Å². The molecule has 1 saturated heterocycles. The molecule has 5 rings (SSSR count). The van der Waals surface area contributed by atoms with Crippen LogP contribution in [0.5, 0.6) is 0 Å². The van der Waals surface area contributed by atoms with E-state index in [-0.39, 0.29) is 17.0 Å². The first kappa shape index (κ1) is 22.7. The summed E-state index contributed by atoms with van der Waals surface area (Å²) in [5, 5.41) is 3.93. The topological polar surface area (TPSA) is 124 Å². The van der Waals surface area contributed by atoms with Gasteiger partial charge in [0.2, 0.25) is 11.7 Å². The van der Waals surface area contributed by atoms with Gasteiger partial charge in [-0.15, -0.1) is 0 Å². The van der Waals surface area contributed by atoms with E-state index in [0.717, 1.165) is 37.7 Å². The molecule has 8 nitrogen and oxygen atoms in total. The van der Waals surface area contributed by atoms with Crippen molar-refractivity contribution >= 4 is 29.1 Å². The Morgan fingerprint density at radius 2 is 1.54 bits per heavy atom. The number of hydrogen-bond donors (Lipinski definition) is 1. The Labute approximate surface area is 202 Å². The van der Waals surface area contributed by atoms with Crippen molar-refractivity contribution in [1.29, 1.82) is 0 Å². The predicted octanol–water partition coefficient (Wildman–Crippen LogP) is 3.80. The summed E-state index contributed by atoms with van der Waals surface area (Å²) in [6, 6.07) is 14.3. The largest absolute Gasteiger partial charge is 0.366 e. The fourth-order valence-corrected chi connectivity index (χ4v) is 5.35. The Morgan fingerprint density at radius 3 is 2.14 bits per heavy atom. The van der Waals surface area contributed by atoms with Gasteiger partial charge in [0.15, 0.2) is 5.78 Å². The number of benzene rings is 2. The molecule has 2 amide bonds. The molecular weight excluding hydrogens is 446 g/mol. The summed E-state index contributed by atoms with van der Waals surface area (Å²) in [4.78, 5) is 53.1. The van der Waals surface area contributed by atoms with Crippen LogP contribution in [0.2, 0.25) is 0 Å². The van der Waals surface area contributed by atoms with E-state index in [9.17, 15) is 19.2 Å². The number of amides is 2. The number of primary amides is 1. The molecule has 0 spiro atoms. The fourth-order valence-electron chi connectivity index (χ4n) is 5.35. The monoisotopic (exact) mass is 471 g/mol. The Kier molecular flexibility index (Phi) is 6.03. The Balaban J connectivity index is 1.51. The zero-order valence-corrected chi connectivity index (χ0v) is 19.1.